The predicted octanol–water partition coefficient (Wildman–Crippen LogP) is 3.13. The lowest BCUT2D eigenvalue weighted by Gasteiger charge is -2.14. The van der Waals surface area contributed by atoms with Gasteiger partial charge in [-0.3, -0.25) is 10.1 Å². The minimum Gasteiger partial charge on any atom is -0.463 e. The number of nitro groups is 1. The van der Waals surface area contributed by atoms with Crippen LogP contribution in [0, 0.1) is 10.1 Å². The number of allylic oxidation sites excluding steroid dienone is 2. The molecule has 1 aliphatic carbocycles. The summed E-state index contributed by atoms with van der Waals surface area (Å²) in [6, 6.07) is -0.596. The normalized spacial score (nSPS) is 18.8. The van der Waals surface area contributed by atoms with Crippen molar-refractivity contribution in [1.29, 1.82) is 0 Å². The number of carbonyl (C=O) groups excluding carboxylic acids is 2. The van der Waals surface area contributed by atoms with Gasteiger partial charge in [0.05, 0.1) is 6.61 Å². The van der Waals surface area contributed by atoms with Crippen molar-refractivity contribution in [2.24, 2.45) is 0 Å². The lowest BCUT2D eigenvalue weighted by atomic mass is 9.95. The molecule has 1 unspecified atom stereocenters. The van der Waals surface area contributed by atoms with Gasteiger partial charge in [0, 0.05) is 29.9 Å². The van der Waals surface area contributed by atoms with E-state index in [1.165, 1.54) is 18.2 Å². The minimum atomic E-state index is -0.596. The van der Waals surface area contributed by atoms with Gasteiger partial charge in [0.2, 0.25) is 6.04 Å². The third-order valence-corrected chi connectivity index (χ3v) is 3.66. The highest BCUT2D eigenvalue weighted by atomic mass is 16.6. The molecule has 2 atom stereocenters. The number of hydrogen-bond donors (Lipinski definition) is 0. The van der Waals surface area contributed by atoms with Gasteiger partial charge in [-0.2, -0.15) is 0 Å². The topological polar surface area (TPSA) is 95.7 Å². The van der Waals surface area contributed by atoms with Crippen LogP contribution in [0.1, 0.15) is 46.0 Å². The van der Waals surface area contributed by atoms with Crippen LogP contribution in [0.15, 0.2) is 36.0 Å². The largest absolute Gasteiger partial charge is 0.463 e. The van der Waals surface area contributed by atoms with E-state index in [1.807, 2.05) is 13.0 Å². The fourth-order valence-electron chi connectivity index (χ4n) is 2.25. The van der Waals surface area contributed by atoms with E-state index in [0.29, 0.717) is 25.9 Å². The van der Waals surface area contributed by atoms with Crippen LogP contribution in [0.2, 0.25) is 0 Å². The molecule has 0 aliphatic heterocycles. The van der Waals surface area contributed by atoms with Crippen molar-refractivity contribution in [2.45, 2.75) is 58.1 Å². The molecule has 0 saturated heterocycles. The fourth-order valence-corrected chi connectivity index (χ4v) is 2.25. The molecule has 0 saturated carbocycles. The van der Waals surface area contributed by atoms with Crippen LogP contribution in [-0.4, -0.2) is 35.6 Å². The average Bonchev–Trinajstić information content (AvgIpc) is 2.58. The Morgan fingerprint density at radius 2 is 2.16 bits per heavy atom. The monoisotopic (exact) mass is 351 g/mol. The summed E-state index contributed by atoms with van der Waals surface area (Å²) in [7, 11) is 0. The first-order valence-electron chi connectivity index (χ1n) is 8.48. The first kappa shape index (κ1) is 20.6. The van der Waals surface area contributed by atoms with Crippen LogP contribution in [-0.2, 0) is 19.1 Å². The summed E-state index contributed by atoms with van der Waals surface area (Å²) < 4.78 is 10.1. The molecule has 138 valence electrons. The van der Waals surface area contributed by atoms with Crippen molar-refractivity contribution >= 4 is 11.9 Å². The van der Waals surface area contributed by atoms with Crippen LogP contribution in [0.5, 0.6) is 0 Å². The van der Waals surface area contributed by atoms with Gasteiger partial charge in [-0.1, -0.05) is 25.5 Å². The molecule has 0 radical (unpaired) electrons. The Morgan fingerprint density at radius 1 is 1.40 bits per heavy atom. The number of rotatable bonds is 9. The quantitative estimate of drug-likeness (QED) is 0.208. The van der Waals surface area contributed by atoms with Crippen LogP contribution in [0.3, 0.4) is 0 Å². The average molecular weight is 351 g/mol. The number of esters is 2. The molecule has 0 bridgehead atoms. The minimum absolute atomic E-state index is 0.286. The zero-order valence-electron chi connectivity index (χ0n) is 14.7. The maximum Gasteiger partial charge on any atom is 0.331 e. The summed E-state index contributed by atoms with van der Waals surface area (Å²) in [5, 5.41) is 10.8. The van der Waals surface area contributed by atoms with Crippen molar-refractivity contribution in [3.63, 3.8) is 0 Å². The Kier molecular flexibility index (Phi) is 9.21. The van der Waals surface area contributed by atoms with E-state index >= 15 is 0 Å². The summed E-state index contributed by atoms with van der Waals surface area (Å²) in [4.78, 5) is 33.7. The van der Waals surface area contributed by atoms with E-state index in [1.54, 1.807) is 13.0 Å². The Labute approximate surface area is 147 Å². The standard InChI is InChI=1S/C18H25NO6/c1-3-4-12-24-17(20)10-8-14(2)25-18(21)11-9-15-6-5-7-16(13-15)19(22)23/h6,8-11,14,16H,3-5,7,12-13H2,1-2H3/b10-8-,11-9+/t14-,16?/m1/s1. The van der Waals surface area contributed by atoms with Gasteiger partial charge in [-0.25, -0.2) is 9.59 Å². The summed E-state index contributed by atoms with van der Waals surface area (Å²) in [5.74, 6) is -1.04. The Balaban J connectivity index is 2.39. The first-order chi connectivity index (χ1) is 11.9. The Hall–Kier alpha value is -2.44. The second kappa shape index (κ2) is 11.2. The van der Waals surface area contributed by atoms with Gasteiger partial charge < -0.3 is 9.47 Å². The second-order valence-corrected chi connectivity index (χ2v) is 5.86. The molecule has 0 N–H and O–H groups in total. The molecular weight excluding hydrogens is 326 g/mol. The van der Waals surface area contributed by atoms with Crippen molar-refractivity contribution in [1.82, 2.24) is 0 Å². The molecule has 7 heteroatoms. The summed E-state index contributed by atoms with van der Waals surface area (Å²) in [6.07, 6.45) is 10.00. The molecule has 0 amide bonds. The number of unbranched alkanes of at least 4 members (excludes halogenated alkanes) is 1. The molecule has 0 aromatic carbocycles. The van der Waals surface area contributed by atoms with E-state index < -0.39 is 24.1 Å². The van der Waals surface area contributed by atoms with E-state index in [4.69, 9.17) is 9.47 Å². The van der Waals surface area contributed by atoms with Crippen LogP contribution >= 0.6 is 0 Å². The van der Waals surface area contributed by atoms with Gasteiger partial charge in [-0.15, -0.1) is 0 Å². The number of ether oxygens (including phenoxy) is 2. The van der Waals surface area contributed by atoms with Crippen molar-refractivity contribution in [3.8, 4) is 0 Å². The molecule has 0 fully saturated rings. The number of hydrogen-bond acceptors (Lipinski definition) is 6. The first-order valence-corrected chi connectivity index (χ1v) is 8.48. The lowest BCUT2D eigenvalue weighted by Crippen LogP contribution is -2.22. The highest BCUT2D eigenvalue weighted by Crippen LogP contribution is 2.21. The number of carbonyl (C=O) groups is 2. The molecule has 1 aliphatic rings. The van der Waals surface area contributed by atoms with Gasteiger partial charge in [0.1, 0.15) is 6.10 Å². The molecular formula is C18H25NO6. The lowest BCUT2D eigenvalue weighted by molar-refractivity contribution is -0.523. The zero-order valence-corrected chi connectivity index (χ0v) is 14.7. The highest BCUT2D eigenvalue weighted by Gasteiger charge is 2.23. The third-order valence-electron chi connectivity index (χ3n) is 3.66. The fraction of sp³-hybridized carbons (Fsp3) is 0.556. The van der Waals surface area contributed by atoms with E-state index in [0.717, 1.165) is 18.4 Å². The van der Waals surface area contributed by atoms with Crippen molar-refractivity contribution in [2.75, 3.05) is 6.61 Å². The summed E-state index contributed by atoms with van der Waals surface area (Å²) in [6.45, 7) is 4.00. The van der Waals surface area contributed by atoms with Gasteiger partial charge in [0.15, 0.2) is 0 Å². The molecule has 0 aromatic rings. The second-order valence-electron chi connectivity index (χ2n) is 5.86. The SMILES string of the molecule is CCCCOC(=O)/C=C\[C@@H](C)OC(=O)/C=C/C1=CCCC([N+](=O)[O-])C1. The molecule has 25 heavy (non-hydrogen) atoms. The predicted molar refractivity (Wildman–Crippen MR) is 92.4 cm³/mol. The van der Waals surface area contributed by atoms with Gasteiger partial charge >= 0.3 is 11.9 Å². The number of nitrogens with zero attached hydrogens (tertiary/aromatic N) is 1. The zero-order chi connectivity index (χ0) is 18.7. The Bertz CT molecular complexity index is 564. The van der Waals surface area contributed by atoms with Gasteiger partial charge in [0.25, 0.3) is 0 Å². The van der Waals surface area contributed by atoms with E-state index in [2.05, 4.69) is 0 Å². The van der Waals surface area contributed by atoms with Crippen molar-refractivity contribution < 1.29 is 24.0 Å². The Morgan fingerprint density at radius 3 is 2.84 bits per heavy atom. The highest BCUT2D eigenvalue weighted by molar-refractivity contribution is 5.83. The molecule has 1 rings (SSSR count). The van der Waals surface area contributed by atoms with Crippen LogP contribution in [0.25, 0.3) is 0 Å². The maximum atomic E-state index is 11.7. The van der Waals surface area contributed by atoms with E-state index in [9.17, 15) is 19.7 Å². The summed E-state index contributed by atoms with van der Waals surface area (Å²) in [5.41, 5.74) is 0.757. The maximum absolute atomic E-state index is 11.7. The summed E-state index contributed by atoms with van der Waals surface area (Å²) >= 11 is 0. The van der Waals surface area contributed by atoms with Crippen LogP contribution in [0.4, 0.5) is 0 Å². The molecule has 7 nitrogen and oxygen atoms in total. The van der Waals surface area contributed by atoms with Gasteiger partial charge in [-0.05, 0) is 31.4 Å². The molecule has 0 spiro atoms. The van der Waals surface area contributed by atoms with E-state index in [-0.39, 0.29) is 4.92 Å². The third kappa shape index (κ3) is 8.83. The molecule has 0 heterocycles. The van der Waals surface area contributed by atoms with Crippen molar-refractivity contribution in [3.05, 3.63) is 46.1 Å². The van der Waals surface area contributed by atoms with Crippen LogP contribution < -0.4 is 0 Å². The smallest absolute Gasteiger partial charge is 0.331 e. The molecule has 0 aromatic heterocycles.